The smallest absolute Gasteiger partial charge is 0.303 e. The summed E-state index contributed by atoms with van der Waals surface area (Å²) in [6.07, 6.45) is 0.646. The number of hydrogen-bond acceptors (Lipinski definition) is 5. The van der Waals surface area contributed by atoms with Gasteiger partial charge < -0.3 is 10.1 Å². The minimum Gasteiger partial charge on any atom is -0.481 e. The van der Waals surface area contributed by atoms with Gasteiger partial charge in [-0.3, -0.25) is 9.59 Å². The number of H-pyrrole nitrogens is 1. The van der Waals surface area contributed by atoms with E-state index in [1.54, 1.807) is 0 Å². The summed E-state index contributed by atoms with van der Waals surface area (Å²) in [6, 6.07) is 18.3. The zero-order valence-electron chi connectivity index (χ0n) is 15.4. The summed E-state index contributed by atoms with van der Waals surface area (Å²) in [5.41, 5.74) is 3.96. The van der Waals surface area contributed by atoms with Gasteiger partial charge >= 0.3 is 5.97 Å². The number of hydrogen-bond donors (Lipinski definition) is 2. The van der Waals surface area contributed by atoms with Crippen LogP contribution in [0.3, 0.4) is 0 Å². The molecule has 0 saturated heterocycles. The Hall–Kier alpha value is -2.90. The summed E-state index contributed by atoms with van der Waals surface area (Å²) in [4.78, 5) is 31.3. The first-order valence-corrected chi connectivity index (χ1v) is 11.0. The van der Waals surface area contributed by atoms with E-state index in [1.165, 1.54) is 23.1 Å². The van der Waals surface area contributed by atoms with Gasteiger partial charge in [-0.05, 0) is 23.1 Å². The minimum absolute atomic E-state index is 0.113. The molecule has 7 heteroatoms. The molecule has 0 radical (unpaired) electrons. The van der Waals surface area contributed by atoms with E-state index >= 15 is 0 Å². The Bertz CT molecular complexity index is 1200. The Morgan fingerprint density at radius 1 is 1.03 bits per heavy atom. The SMILES string of the molecule is O=C(O)CCCSc1nc2scc(-c3ccc(-c4ccccc4)cc3)c2c(=O)[nH]1. The quantitative estimate of drug-likeness (QED) is 0.241. The number of aromatic nitrogens is 2. The summed E-state index contributed by atoms with van der Waals surface area (Å²) < 4.78 is 0. The largest absolute Gasteiger partial charge is 0.481 e. The Morgan fingerprint density at radius 3 is 2.45 bits per heavy atom. The predicted octanol–water partition coefficient (Wildman–Crippen LogP) is 5.28. The number of aliphatic carboxylic acids is 1. The van der Waals surface area contributed by atoms with E-state index in [9.17, 15) is 9.59 Å². The zero-order valence-corrected chi connectivity index (χ0v) is 17.1. The van der Waals surface area contributed by atoms with Crippen molar-refractivity contribution in [2.45, 2.75) is 18.0 Å². The van der Waals surface area contributed by atoms with Crippen LogP contribution in [0.5, 0.6) is 0 Å². The third-order valence-electron chi connectivity index (χ3n) is 4.50. The third-order valence-corrected chi connectivity index (χ3v) is 6.33. The Balaban J connectivity index is 1.59. The molecule has 0 fully saturated rings. The summed E-state index contributed by atoms with van der Waals surface area (Å²) in [5.74, 6) is -0.219. The summed E-state index contributed by atoms with van der Waals surface area (Å²) in [5, 5.41) is 11.8. The molecule has 0 spiro atoms. The number of benzene rings is 2. The van der Waals surface area contributed by atoms with E-state index in [-0.39, 0.29) is 12.0 Å². The molecule has 4 aromatic rings. The van der Waals surface area contributed by atoms with Crippen molar-refractivity contribution in [1.82, 2.24) is 9.97 Å². The van der Waals surface area contributed by atoms with Gasteiger partial charge in [-0.2, -0.15) is 0 Å². The maximum Gasteiger partial charge on any atom is 0.303 e. The van der Waals surface area contributed by atoms with Crippen molar-refractivity contribution in [2.24, 2.45) is 0 Å². The number of thioether (sulfide) groups is 1. The van der Waals surface area contributed by atoms with Gasteiger partial charge in [-0.25, -0.2) is 4.98 Å². The van der Waals surface area contributed by atoms with Crippen LogP contribution in [-0.2, 0) is 4.79 Å². The maximum atomic E-state index is 12.7. The second kappa shape index (κ2) is 8.63. The monoisotopic (exact) mass is 422 g/mol. The first-order chi connectivity index (χ1) is 14.1. The summed E-state index contributed by atoms with van der Waals surface area (Å²) >= 11 is 2.82. The van der Waals surface area contributed by atoms with Gasteiger partial charge in [0.2, 0.25) is 0 Å². The minimum atomic E-state index is -0.816. The van der Waals surface area contributed by atoms with Crippen molar-refractivity contribution in [3.63, 3.8) is 0 Å². The molecule has 0 amide bonds. The molecule has 0 aliphatic carbocycles. The number of nitrogens with one attached hydrogen (secondary N) is 1. The van der Waals surface area contributed by atoms with E-state index in [0.29, 0.717) is 27.5 Å². The molecule has 2 aromatic heterocycles. The van der Waals surface area contributed by atoms with Crippen LogP contribution in [0.4, 0.5) is 0 Å². The number of carbonyl (C=O) groups is 1. The molecule has 5 nitrogen and oxygen atoms in total. The molecule has 2 aromatic carbocycles. The molecular formula is C22H18N2O3S2. The zero-order chi connectivity index (χ0) is 20.2. The molecule has 0 aliphatic heterocycles. The Kier molecular flexibility index (Phi) is 5.78. The highest BCUT2D eigenvalue weighted by Gasteiger charge is 2.13. The average Bonchev–Trinajstić information content (AvgIpc) is 3.16. The van der Waals surface area contributed by atoms with Crippen LogP contribution in [-0.4, -0.2) is 26.8 Å². The van der Waals surface area contributed by atoms with E-state index in [1.807, 2.05) is 35.7 Å². The van der Waals surface area contributed by atoms with Crippen LogP contribution >= 0.6 is 23.1 Å². The van der Waals surface area contributed by atoms with Crippen molar-refractivity contribution in [3.05, 3.63) is 70.3 Å². The van der Waals surface area contributed by atoms with Gasteiger partial charge in [0.15, 0.2) is 5.16 Å². The highest BCUT2D eigenvalue weighted by molar-refractivity contribution is 7.99. The van der Waals surface area contributed by atoms with Crippen LogP contribution in [0.15, 0.2) is 69.9 Å². The van der Waals surface area contributed by atoms with Gasteiger partial charge in [-0.1, -0.05) is 66.4 Å². The van der Waals surface area contributed by atoms with E-state index in [0.717, 1.165) is 22.3 Å². The lowest BCUT2D eigenvalue weighted by molar-refractivity contribution is -0.137. The second-order valence-corrected chi connectivity index (χ2v) is 8.43. The van der Waals surface area contributed by atoms with Gasteiger partial charge in [0.25, 0.3) is 5.56 Å². The van der Waals surface area contributed by atoms with Crippen LogP contribution < -0.4 is 5.56 Å². The van der Waals surface area contributed by atoms with Gasteiger partial charge in [0.1, 0.15) is 4.83 Å². The fourth-order valence-corrected chi connectivity index (χ4v) is 4.88. The maximum absolute atomic E-state index is 12.7. The normalized spacial score (nSPS) is 11.0. The van der Waals surface area contributed by atoms with E-state index < -0.39 is 5.97 Å². The molecule has 2 N–H and O–H groups in total. The lowest BCUT2D eigenvalue weighted by Crippen LogP contribution is -2.08. The van der Waals surface area contributed by atoms with Crippen LogP contribution in [0.25, 0.3) is 32.5 Å². The molecule has 0 saturated carbocycles. The highest BCUT2D eigenvalue weighted by atomic mass is 32.2. The Morgan fingerprint density at radius 2 is 1.72 bits per heavy atom. The van der Waals surface area contributed by atoms with Crippen LogP contribution in [0.1, 0.15) is 12.8 Å². The number of fused-ring (bicyclic) bond motifs is 1. The van der Waals surface area contributed by atoms with E-state index in [2.05, 4.69) is 34.2 Å². The van der Waals surface area contributed by atoms with Gasteiger partial charge in [0, 0.05) is 23.1 Å². The number of aromatic amines is 1. The second-order valence-electron chi connectivity index (χ2n) is 6.49. The molecule has 0 aliphatic rings. The molecule has 146 valence electrons. The van der Waals surface area contributed by atoms with Gasteiger partial charge in [0.05, 0.1) is 5.39 Å². The van der Waals surface area contributed by atoms with Crippen molar-refractivity contribution in [1.29, 1.82) is 0 Å². The van der Waals surface area contributed by atoms with Crippen molar-refractivity contribution in [2.75, 3.05) is 5.75 Å². The fourth-order valence-electron chi connectivity index (χ4n) is 3.08. The topological polar surface area (TPSA) is 83.0 Å². The van der Waals surface area contributed by atoms with E-state index in [4.69, 9.17) is 5.11 Å². The first-order valence-electron chi connectivity index (χ1n) is 9.14. The number of rotatable bonds is 7. The standard InChI is InChI=1S/C22H18N2O3S2/c25-18(26)7-4-12-28-22-23-20(27)19-17(13-29-21(19)24-22)16-10-8-15(9-11-16)14-5-2-1-3-6-14/h1-3,5-6,8-11,13H,4,7,12H2,(H,25,26)(H,23,24,27). The fraction of sp³-hybridized carbons (Fsp3) is 0.136. The molecule has 0 atom stereocenters. The molecule has 4 rings (SSSR count). The van der Waals surface area contributed by atoms with Crippen molar-refractivity contribution >= 4 is 39.3 Å². The molecule has 2 heterocycles. The Labute approximate surface area is 175 Å². The molecular weight excluding hydrogens is 404 g/mol. The number of carboxylic acids is 1. The molecule has 0 unspecified atom stereocenters. The third kappa shape index (κ3) is 4.41. The van der Waals surface area contributed by atoms with Gasteiger partial charge in [-0.15, -0.1) is 11.3 Å². The lowest BCUT2D eigenvalue weighted by Gasteiger charge is -2.04. The predicted molar refractivity (Wildman–Crippen MR) is 119 cm³/mol. The lowest BCUT2D eigenvalue weighted by atomic mass is 10.0. The van der Waals surface area contributed by atoms with Crippen LogP contribution in [0.2, 0.25) is 0 Å². The highest BCUT2D eigenvalue weighted by Crippen LogP contribution is 2.33. The van der Waals surface area contributed by atoms with Crippen molar-refractivity contribution in [3.8, 4) is 22.3 Å². The molecule has 0 bridgehead atoms. The number of thiophene rings is 1. The first kappa shape index (κ1) is 19.4. The van der Waals surface area contributed by atoms with Crippen molar-refractivity contribution < 1.29 is 9.90 Å². The number of carboxylic acid groups (broad SMARTS) is 1. The summed E-state index contributed by atoms with van der Waals surface area (Å²) in [6.45, 7) is 0. The number of nitrogens with zero attached hydrogens (tertiary/aromatic N) is 1. The summed E-state index contributed by atoms with van der Waals surface area (Å²) in [7, 11) is 0. The van der Waals surface area contributed by atoms with Crippen LogP contribution in [0, 0.1) is 0 Å². The molecule has 29 heavy (non-hydrogen) atoms. The average molecular weight is 423 g/mol.